The Labute approximate surface area is 121 Å². The molecular weight excluding hydrogens is 256 g/mol. The number of carboxylic acid groups (broad SMARTS) is 1. The van der Waals surface area contributed by atoms with E-state index in [1.54, 1.807) is 4.90 Å². The predicted molar refractivity (Wildman–Crippen MR) is 78.5 cm³/mol. The summed E-state index contributed by atoms with van der Waals surface area (Å²) in [4.78, 5) is 25.4. The second kappa shape index (κ2) is 6.12. The molecule has 2 N–H and O–H groups in total. The van der Waals surface area contributed by atoms with Gasteiger partial charge >= 0.3 is 5.97 Å². The molecule has 0 aromatic heterocycles. The molecule has 5 heteroatoms. The van der Waals surface area contributed by atoms with Gasteiger partial charge in [0.05, 0.1) is 0 Å². The lowest BCUT2D eigenvalue weighted by molar-refractivity contribution is -0.158. The van der Waals surface area contributed by atoms with Crippen molar-refractivity contribution < 1.29 is 14.7 Å². The number of piperidine rings is 1. The quantitative estimate of drug-likeness (QED) is 0.827. The maximum Gasteiger partial charge on any atom is 0.326 e. The highest BCUT2D eigenvalue weighted by Gasteiger charge is 2.44. The second-order valence-corrected chi connectivity index (χ2v) is 7.35. The van der Waals surface area contributed by atoms with Gasteiger partial charge in [0.15, 0.2) is 0 Å². The number of carbonyl (C=O) groups excluding carboxylic acids is 1. The van der Waals surface area contributed by atoms with Crippen molar-refractivity contribution in [2.75, 3.05) is 13.1 Å². The monoisotopic (exact) mass is 284 g/mol. The largest absolute Gasteiger partial charge is 0.480 e. The molecule has 1 rings (SSSR count). The van der Waals surface area contributed by atoms with Crippen LogP contribution in [0.2, 0.25) is 0 Å². The molecule has 1 heterocycles. The SMILES string of the molecule is CC(C)(C)NCCC(=O)N1CCCC(C)(C)C1C(=O)O. The molecule has 116 valence electrons. The maximum atomic E-state index is 12.3. The number of hydrogen-bond acceptors (Lipinski definition) is 3. The standard InChI is InChI=1S/C15H28N2O3/c1-14(2,3)16-9-7-11(18)17-10-6-8-15(4,5)12(17)13(19)20/h12,16H,6-10H2,1-5H3,(H,19,20). The van der Waals surface area contributed by atoms with Gasteiger partial charge in [0.25, 0.3) is 0 Å². The molecule has 1 aliphatic heterocycles. The van der Waals surface area contributed by atoms with Gasteiger partial charge in [0.1, 0.15) is 6.04 Å². The third kappa shape index (κ3) is 4.47. The van der Waals surface area contributed by atoms with Crippen LogP contribution in [-0.4, -0.2) is 46.6 Å². The van der Waals surface area contributed by atoms with Gasteiger partial charge in [-0.1, -0.05) is 13.8 Å². The summed E-state index contributed by atoms with van der Waals surface area (Å²) in [6.07, 6.45) is 2.06. The number of nitrogens with one attached hydrogen (secondary N) is 1. The van der Waals surface area contributed by atoms with Gasteiger partial charge in [0.2, 0.25) is 5.91 Å². The van der Waals surface area contributed by atoms with Crippen LogP contribution >= 0.6 is 0 Å². The van der Waals surface area contributed by atoms with Crippen molar-refractivity contribution in [1.29, 1.82) is 0 Å². The lowest BCUT2D eigenvalue weighted by atomic mass is 9.76. The van der Waals surface area contributed by atoms with Crippen molar-refractivity contribution in [3.63, 3.8) is 0 Å². The first-order valence-electron chi connectivity index (χ1n) is 7.32. The van der Waals surface area contributed by atoms with Crippen molar-refractivity contribution in [3.8, 4) is 0 Å². The average Bonchev–Trinajstić information content (AvgIpc) is 2.24. The lowest BCUT2D eigenvalue weighted by Crippen LogP contribution is -2.56. The number of hydrogen-bond donors (Lipinski definition) is 2. The highest BCUT2D eigenvalue weighted by molar-refractivity contribution is 5.84. The highest BCUT2D eigenvalue weighted by atomic mass is 16.4. The molecule has 0 saturated carbocycles. The fourth-order valence-electron chi connectivity index (χ4n) is 2.82. The summed E-state index contributed by atoms with van der Waals surface area (Å²) < 4.78 is 0. The van der Waals surface area contributed by atoms with E-state index in [0.29, 0.717) is 19.5 Å². The first kappa shape index (κ1) is 17.0. The van der Waals surface area contributed by atoms with Crippen molar-refractivity contribution in [2.24, 2.45) is 5.41 Å². The van der Waals surface area contributed by atoms with E-state index in [1.165, 1.54) is 0 Å². The third-order valence-corrected chi connectivity index (χ3v) is 3.82. The summed E-state index contributed by atoms with van der Waals surface area (Å²) in [7, 11) is 0. The van der Waals surface area contributed by atoms with Crippen molar-refractivity contribution >= 4 is 11.9 Å². The molecule has 0 bridgehead atoms. The van der Waals surface area contributed by atoms with E-state index in [0.717, 1.165) is 12.8 Å². The van der Waals surface area contributed by atoms with Crippen LogP contribution in [0, 0.1) is 5.41 Å². The molecule has 0 spiro atoms. The molecule has 0 aromatic carbocycles. The van der Waals surface area contributed by atoms with Crippen molar-refractivity contribution in [2.45, 2.75) is 65.5 Å². The van der Waals surface area contributed by atoms with Gasteiger partial charge < -0.3 is 15.3 Å². The van der Waals surface area contributed by atoms with Crippen LogP contribution in [0.15, 0.2) is 0 Å². The average molecular weight is 284 g/mol. The molecule has 1 fully saturated rings. The normalized spacial score (nSPS) is 22.6. The first-order valence-corrected chi connectivity index (χ1v) is 7.32. The Morgan fingerprint density at radius 2 is 1.95 bits per heavy atom. The van der Waals surface area contributed by atoms with Crippen molar-refractivity contribution in [3.05, 3.63) is 0 Å². The number of amides is 1. The molecule has 1 atom stereocenters. The Morgan fingerprint density at radius 3 is 2.45 bits per heavy atom. The van der Waals surface area contributed by atoms with Crippen LogP contribution in [0.4, 0.5) is 0 Å². The van der Waals surface area contributed by atoms with E-state index < -0.39 is 12.0 Å². The number of nitrogens with zero attached hydrogens (tertiary/aromatic N) is 1. The Kier molecular flexibility index (Phi) is 5.19. The van der Waals surface area contributed by atoms with Gasteiger partial charge in [-0.3, -0.25) is 4.79 Å². The van der Waals surface area contributed by atoms with E-state index >= 15 is 0 Å². The van der Waals surface area contributed by atoms with Gasteiger partial charge in [0, 0.05) is 25.0 Å². The minimum Gasteiger partial charge on any atom is -0.480 e. The minimum atomic E-state index is -0.896. The predicted octanol–water partition coefficient (Wildman–Crippen LogP) is 1.87. The van der Waals surface area contributed by atoms with E-state index in [-0.39, 0.29) is 16.9 Å². The summed E-state index contributed by atoms with van der Waals surface area (Å²) >= 11 is 0. The fourth-order valence-corrected chi connectivity index (χ4v) is 2.82. The first-order chi connectivity index (χ1) is 9.04. The molecule has 1 unspecified atom stereocenters. The van der Waals surface area contributed by atoms with Gasteiger partial charge in [-0.05, 0) is 39.0 Å². The lowest BCUT2D eigenvalue weighted by Gasteiger charge is -2.44. The summed E-state index contributed by atoms with van der Waals surface area (Å²) in [6, 6.07) is -0.710. The summed E-state index contributed by atoms with van der Waals surface area (Å²) in [6.45, 7) is 11.1. The molecule has 0 aliphatic carbocycles. The Morgan fingerprint density at radius 1 is 1.35 bits per heavy atom. The van der Waals surface area contributed by atoms with Gasteiger partial charge in [-0.15, -0.1) is 0 Å². The number of rotatable bonds is 4. The van der Waals surface area contributed by atoms with Gasteiger partial charge in [-0.2, -0.15) is 0 Å². The molecule has 5 nitrogen and oxygen atoms in total. The van der Waals surface area contributed by atoms with E-state index in [9.17, 15) is 14.7 Å². The fraction of sp³-hybridized carbons (Fsp3) is 0.867. The molecule has 1 aliphatic rings. The van der Waals surface area contributed by atoms with Crippen LogP contribution in [0.1, 0.15) is 53.9 Å². The zero-order chi connectivity index (χ0) is 15.6. The summed E-state index contributed by atoms with van der Waals surface area (Å²) in [5.41, 5.74) is -0.398. The van der Waals surface area contributed by atoms with E-state index in [1.807, 2.05) is 34.6 Å². The number of likely N-dealkylation sites (tertiary alicyclic amines) is 1. The molecule has 20 heavy (non-hydrogen) atoms. The van der Waals surface area contributed by atoms with E-state index in [2.05, 4.69) is 5.32 Å². The van der Waals surface area contributed by atoms with Crippen LogP contribution in [0.25, 0.3) is 0 Å². The molecule has 0 aromatic rings. The van der Waals surface area contributed by atoms with Crippen molar-refractivity contribution in [1.82, 2.24) is 10.2 Å². The van der Waals surface area contributed by atoms with Crippen LogP contribution < -0.4 is 5.32 Å². The number of carboxylic acids is 1. The zero-order valence-electron chi connectivity index (χ0n) is 13.3. The Balaban J connectivity index is 2.67. The van der Waals surface area contributed by atoms with Crippen LogP contribution in [0.3, 0.4) is 0 Å². The van der Waals surface area contributed by atoms with Crippen LogP contribution in [-0.2, 0) is 9.59 Å². The Hall–Kier alpha value is -1.10. The second-order valence-electron chi connectivity index (χ2n) is 7.35. The van der Waals surface area contributed by atoms with E-state index in [4.69, 9.17) is 0 Å². The summed E-state index contributed by atoms with van der Waals surface area (Å²) in [5, 5.41) is 12.7. The third-order valence-electron chi connectivity index (χ3n) is 3.82. The molecule has 1 amide bonds. The number of carbonyl (C=O) groups is 2. The highest BCUT2D eigenvalue weighted by Crippen LogP contribution is 2.35. The Bertz CT molecular complexity index is 372. The minimum absolute atomic E-state index is 0.0341. The van der Waals surface area contributed by atoms with Gasteiger partial charge in [-0.25, -0.2) is 4.79 Å². The molecule has 0 radical (unpaired) electrons. The smallest absolute Gasteiger partial charge is 0.326 e. The summed E-state index contributed by atoms with van der Waals surface area (Å²) in [5.74, 6) is -0.964. The topological polar surface area (TPSA) is 69.6 Å². The van der Waals surface area contributed by atoms with Crippen LogP contribution in [0.5, 0.6) is 0 Å². The number of aliphatic carboxylic acids is 1. The zero-order valence-corrected chi connectivity index (χ0v) is 13.3. The maximum absolute atomic E-state index is 12.3. The molecular formula is C15H28N2O3. The molecule has 1 saturated heterocycles.